The number of piperazine rings is 1. The number of pyridine rings is 1. The maximum absolute atomic E-state index is 12.7. The van der Waals surface area contributed by atoms with E-state index in [9.17, 15) is 10.1 Å². The van der Waals surface area contributed by atoms with Crippen LogP contribution in [0.1, 0.15) is 16.1 Å². The summed E-state index contributed by atoms with van der Waals surface area (Å²) in [6.07, 6.45) is 3.17. The Kier molecular flexibility index (Phi) is 4.49. The second kappa shape index (κ2) is 7.25. The summed E-state index contributed by atoms with van der Waals surface area (Å²) in [5.41, 5.74) is 1.67. The van der Waals surface area contributed by atoms with Gasteiger partial charge in [0.25, 0.3) is 5.91 Å². The van der Waals surface area contributed by atoms with Crippen LogP contribution >= 0.6 is 0 Å². The molecule has 4 rings (SSSR count). The molecule has 134 valence electrons. The first-order valence-corrected chi connectivity index (χ1v) is 8.63. The molecular formula is C19H17N7O. The number of hydrogen-bond donors (Lipinski definition) is 0. The molecule has 27 heavy (non-hydrogen) atoms. The minimum Gasteiger partial charge on any atom is -0.352 e. The van der Waals surface area contributed by atoms with Crippen LogP contribution in [0.15, 0.2) is 54.9 Å². The second-order valence-electron chi connectivity index (χ2n) is 6.12. The van der Waals surface area contributed by atoms with Gasteiger partial charge in [0.15, 0.2) is 5.69 Å². The number of carbonyl (C=O) groups is 1. The molecule has 0 atom stereocenters. The summed E-state index contributed by atoms with van der Waals surface area (Å²) in [6.45, 7) is 2.31. The van der Waals surface area contributed by atoms with E-state index in [-0.39, 0.29) is 5.91 Å². The molecule has 3 heterocycles. The Morgan fingerprint density at radius 2 is 1.81 bits per heavy atom. The molecule has 0 unspecified atom stereocenters. The Hall–Kier alpha value is -3.73. The molecule has 1 aliphatic heterocycles. The quantitative estimate of drug-likeness (QED) is 0.704. The first kappa shape index (κ1) is 16.7. The molecule has 0 spiro atoms. The van der Waals surface area contributed by atoms with Crippen LogP contribution in [0.2, 0.25) is 0 Å². The van der Waals surface area contributed by atoms with E-state index in [2.05, 4.69) is 21.3 Å². The SMILES string of the molecule is N#Cc1cccnc1N1CCN(C(=O)c2cnn(-c3ccccc3)n2)CC1. The van der Waals surface area contributed by atoms with Crippen molar-refractivity contribution in [1.29, 1.82) is 5.26 Å². The summed E-state index contributed by atoms with van der Waals surface area (Å²) >= 11 is 0. The van der Waals surface area contributed by atoms with Crippen LogP contribution in [0, 0.1) is 11.3 Å². The number of nitriles is 1. The van der Waals surface area contributed by atoms with E-state index < -0.39 is 0 Å². The predicted molar refractivity (Wildman–Crippen MR) is 98.4 cm³/mol. The number of benzene rings is 1. The van der Waals surface area contributed by atoms with Gasteiger partial charge in [0, 0.05) is 32.4 Å². The fourth-order valence-electron chi connectivity index (χ4n) is 3.07. The minimum atomic E-state index is -0.140. The average Bonchev–Trinajstić information content (AvgIpc) is 3.24. The highest BCUT2D eigenvalue weighted by molar-refractivity contribution is 5.92. The van der Waals surface area contributed by atoms with E-state index in [4.69, 9.17) is 0 Å². The van der Waals surface area contributed by atoms with Crippen molar-refractivity contribution in [3.05, 3.63) is 66.1 Å². The molecule has 3 aromatic rings. The highest BCUT2D eigenvalue weighted by Gasteiger charge is 2.25. The lowest BCUT2D eigenvalue weighted by atomic mass is 10.2. The van der Waals surface area contributed by atoms with Crippen molar-refractivity contribution >= 4 is 11.7 Å². The number of aromatic nitrogens is 4. The number of rotatable bonds is 3. The fraction of sp³-hybridized carbons (Fsp3) is 0.211. The van der Waals surface area contributed by atoms with Gasteiger partial charge in [0.05, 0.1) is 17.4 Å². The van der Waals surface area contributed by atoms with Crippen molar-refractivity contribution in [2.45, 2.75) is 0 Å². The molecule has 1 fully saturated rings. The van der Waals surface area contributed by atoms with Crippen molar-refractivity contribution < 1.29 is 4.79 Å². The first-order valence-electron chi connectivity index (χ1n) is 8.63. The van der Waals surface area contributed by atoms with E-state index in [1.165, 1.54) is 11.0 Å². The smallest absolute Gasteiger partial charge is 0.276 e. The highest BCUT2D eigenvalue weighted by atomic mass is 16.2. The number of amides is 1. The Morgan fingerprint density at radius 3 is 2.56 bits per heavy atom. The largest absolute Gasteiger partial charge is 0.352 e. The molecular weight excluding hydrogens is 342 g/mol. The van der Waals surface area contributed by atoms with Gasteiger partial charge in [-0.1, -0.05) is 18.2 Å². The molecule has 2 aromatic heterocycles. The standard InChI is InChI=1S/C19H17N7O/c20-13-15-5-4-8-21-18(15)24-9-11-25(12-10-24)19(27)17-14-22-26(23-17)16-6-2-1-3-7-16/h1-8,14H,9-12H2. The highest BCUT2D eigenvalue weighted by Crippen LogP contribution is 2.18. The summed E-state index contributed by atoms with van der Waals surface area (Å²) in [5, 5.41) is 17.7. The third-order valence-electron chi connectivity index (χ3n) is 4.47. The van der Waals surface area contributed by atoms with Gasteiger partial charge >= 0.3 is 0 Å². The van der Waals surface area contributed by atoms with Gasteiger partial charge in [0.2, 0.25) is 0 Å². The van der Waals surface area contributed by atoms with Gasteiger partial charge in [-0.25, -0.2) is 4.98 Å². The third-order valence-corrected chi connectivity index (χ3v) is 4.47. The molecule has 0 aliphatic carbocycles. The Bertz CT molecular complexity index is 985. The van der Waals surface area contributed by atoms with E-state index in [1.54, 1.807) is 23.2 Å². The van der Waals surface area contributed by atoms with Gasteiger partial charge in [-0.15, -0.1) is 5.10 Å². The van der Waals surface area contributed by atoms with Crippen molar-refractivity contribution in [3.63, 3.8) is 0 Å². The molecule has 8 heteroatoms. The topological polar surface area (TPSA) is 90.9 Å². The molecule has 1 amide bonds. The molecule has 1 aliphatic rings. The monoisotopic (exact) mass is 359 g/mol. The number of nitrogens with zero attached hydrogens (tertiary/aromatic N) is 7. The summed E-state index contributed by atoms with van der Waals surface area (Å²) in [6, 6.07) is 15.1. The molecule has 8 nitrogen and oxygen atoms in total. The van der Waals surface area contributed by atoms with Gasteiger partial charge in [-0.2, -0.15) is 15.2 Å². The number of hydrogen-bond acceptors (Lipinski definition) is 6. The van der Waals surface area contributed by atoms with Crippen molar-refractivity contribution in [1.82, 2.24) is 24.9 Å². The molecule has 0 saturated carbocycles. The second-order valence-corrected chi connectivity index (χ2v) is 6.12. The molecule has 1 aromatic carbocycles. The molecule has 0 radical (unpaired) electrons. The zero-order valence-corrected chi connectivity index (χ0v) is 14.6. The first-order chi connectivity index (χ1) is 13.3. The molecule has 0 bridgehead atoms. The van der Waals surface area contributed by atoms with Gasteiger partial charge in [0.1, 0.15) is 11.9 Å². The zero-order chi connectivity index (χ0) is 18.6. The van der Waals surface area contributed by atoms with Crippen LogP contribution in [-0.4, -0.2) is 57.0 Å². The molecule has 1 saturated heterocycles. The van der Waals surface area contributed by atoms with Crippen LogP contribution in [0.3, 0.4) is 0 Å². The van der Waals surface area contributed by atoms with Gasteiger partial charge < -0.3 is 9.80 Å². The predicted octanol–water partition coefficient (Wildman–Crippen LogP) is 1.50. The normalized spacial score (nSPS) is 14.0. The number of carbonyl (C=O) groups excluding carboxylic acids is 1. The van der Waals surface area contributed by atoms with E-state index >= 15 is 0 Å². The maximum Gasteiger partial charge on any atom is 0.276 e. The van der Waals surface area contributed by atoms with E-state index in [0.717, 1.165) is 5.69 Å². The van der Waals surface area contributed by atoms with E-state index in [1.807, 2.05) is 35.2 Å². The van der Waals surface area contributed by atoms with Crippen LogP contribution in [0.5, 0.6) is 0 Å². The minimum absolute atomic E-state index is 0.140. The Balaban J connectivity index is 1.44. The summed E-state index contributed by atoms with van der Waals surface area (Å²) in [5.74, 6) is 0.528. The van der Waals surface area contributed by atoms with Gasteiger partial charge in [-0.05, 0) is 24.3 Å². The lowest BCUT2D eigenvalue weighted by Crippen LogP contribution is -2.49. The van der Waals surface area contributed by atoms with Crippen LogP contribution in [0.25, 0.3) is 5.69 Å². The third kappa shape index (κ3) is 3.35. The summed E-state index contributed by atoms with van der Waals surface area (Å²) in [4.78, 5) is 22.3. The van der Waals surface area contributed by atoms with Crippen molar-refractivity contribution in [2.24, 2.45) is 0 Å². The van der Waals surface area contributed by atoms with Crippen molar-refractivity contribution in [2.75, 3.05) is 31.1 Å². The Labute approximate surface area is 156 Å². The lowest BCUT2D eigenvalue weighted by molar-refractivity contribution is 0.0740. The van der Waals surface area contributed by atoms with Crippen molar-refractivity contribution in [3.8, 4) is 11.8 Å². The fourth-order valence-corrected chi connectivity index (χ4v) is 3.07. The zero-order valence-electron chi connectivity index (χ0n) is 14.6. The maximum atomic E-state index is 12.7. The van der Waals surface area contributed by atoms with Crippen LogP contribution in [-0.2, 0) is 0 Å². The molecule has 0 N–H and O–H groups in total. The lowest BCUT2D eigenvalue weighted by Gasteiger charge is -2.35. The summed E-state index contributed by atoms with van der Waals surface area (Å²) < 4.78 is 0. The Morgan fingerprint density at radius 1 is 1.04 bits per heavy atom. The van der Waals surface area contributed by atoms with Crippen LogP contribution < -0.4 is 4.90 Å². The van der Waals surface area contributed by atoms with E-state index in [0.29, 0.717) is 43.3 Å². The van der Waals surface area contributed by atoms with Gasteiger partial charge in [-0.3, -0.25) is 4.79 Å². The summed E-state index contributed by atoms with van der Waals surface area (Å²) in [7, 11) is 0. The number of anilines is 1. The average molecular weight is 359 g/mol. The number of para-hydroxylation sites is 1. The van der Waals surface area contributed by atoms with Crippen LogP contribution in [0.4, 0.5) is 5.82 Å².